The Morgan fingerprint density at radius 1 is 1.31 bits per heavy atom. The van der Waals surface area contributed by atoms with E-state index in [0.29, 0.717) is 28.4 Å². The number of rotatable bonds is 6. The average Bonchev–Trinajstić information content (AvgIpc) is 3.25. The van der Waals surface area contributed by atoms with Crippen LogP contribution in [-0.2, 0) is 9.59 Å². The van der Waals surface area contributed by atoms with Crippen molar-refractivity contribution in [3.05, 3.63) is 18.2 Å². The number of carbonyl (C=O) groups is 2. The Bertz CT molecular complexity index is 716. The van der Waals surface area contributed by atoms with Gasteiger partial charge in [0.1, 0.15) is 16.7 Å². The van der Waals surface area contributed by atoms with Crippen LogP contribution in [-0.4, -0.2) is 42.5 Å². The zero-order chi connectivity index (χ0) is 18.5. The lowest BCUT2D eigenvalue weighted by Crippen LogP contribution is -2.28. The van der Waals surface area contributed by atoms with Crippen molar-refractivity contribution in [2.24, 2.45) is 4.99 Å². The van der Waals surface area contributed by atoms with Crippen molar-refractivity contribution in [2.45, 2.75) is 43.4 Å². The quantitative estimate of drug-likeness (QED) is 0.795. The highest BCUT2D eigenvalue weighted by Gasteiger charge is 2.33. The molecular formula is C18H23N3O4S. The molecule has 2 aliphatic rings. The Kier molecular flexibility index (Phi) is 6.03. The van der Waals surface area contributed by atoms with Crippen molar-refractivity contribution in [3.8, 4) is 11.5 Å². The highest BCUT2D eigenvalue weighted by Crippen LogP contribution is 2.30. The topological polar surface area (TPSA) is 89.0 Å². The van der Waals surface area contributed by atoms with Crippen molar-refractivity contribution >= 4 is 34.4 Å². The van der Waals surface area contributed by atoms with Gasteiger partial charge in [0, 0.05) is 12.5 Å². The Hall–Kier alpha value is -2.22. The average molecular weight is 377 g/mol. The van der Waals surface area contributed by atoms with E-state index in [9.17, 15) is 9.59 Å². The molecule has 1 aliphatic heterocycles. The summed E-state index contributed by atoms with van der Waals surface area (Å²) >= 11 is 1.34. The first kappa shape index (κ1) is 18.6. The lowest BCUT2D eigenvalue weighted by atomic mass is 10.2. The second kappa shape index (κ2) is 8.44. The minimum absolute atomic E-state index is 0.0787. The number of thioether (sulfide) groups is 1. The fourth-order valence-corrected chi connectivity index (χ4v) is 4.11. The molecule has 0 spiro atoms. The molecule has 1 aromatic carbocycles. The maximum Gasteiger partial charge on any atom is 0.240 e. The number of carbonyl (C=O) groups excluding carboxylic acids is 2. The number of hydrogen-bond donors (Lipinski definition) is 2. The molecule has 26 heavy (non-hydrogen) atoms. The first-order chi connectivity index (χ1) is 12.6. The summed E-state index contributed by atoms with van der Waals surface area (Å²) in [6, 6.07) is 5.44. The van der Waals surface area contributed by atoms with E-state index < -0.39 is 5.25 Å². The third-order valence-electron chi connectivity index (χ3n) is 4.45. The highest BCUT2D eigenvalue weighted by molar-refractivity contribution is 8.15. The van der Waals surface area contributed by atoms with Gasteiger partial charge in [-0.25, -0.2) is 0 Å². The number of anilines is 1. The Morgan fingerprint density at radius 2 is 2.08 bits per heavy atom. The number of nitrogens with one attached hydrogen (secondary N) is 2. The Morgan fingerprint density at radius 3 is 2.77 bits per heavy atom. The zero-order valence-electron chi connectivity index (χ0n) is 14.9. The third kappa shape index (κ3) is 4.49. The summed E-state index contributed by atoms with van der Waals surface area (Å²) in [6.07, 6.45) is 4.60. The van der Waals surface area contributed by atoms with Crippen LogP contribution in [0.5, 0.6) is 11.5 Å². The molecule has 1 saturated heterocycles. The normalized spacial score (nSPS) is 21.7. The molecule has 0 aromatic heterocycles. The molecular weight excluding hydrogens is 354 g/mol. The van der Waals surface area contributed by atoms with Gasteiger partial charge in [-0.1, -0.05) is 24.6 Å². The second-order valence-corrected chi connectivity index (χ2v) is 7.48. The molecule has 2 N–H and O–H groups in total. The van der Waals surface area contributed by atoms with E-state index in [4.69, 9.17) is 9.47 Å². The first-order valence-corrected chi connectivity index (χ1v) is 9.54. The standard InChI is InChI=1S/C18H23N3O4S/c1-24-12-7-8-13(14(9-12)25-2)20-16(22)10-15-17(23)21-18(26-15)19-11-5-3-4-6-11/h7-9,11,15H,3-6,10H2,1-2H3,(H,20,22)(H,19,21,23). The van der Waals surface area contributed by atoms with Crippen LogP contribution in [0.25, 0.3) is 0 Å². The fourth-order valence-electron chi connectivity index (χ4n) is 3.07. The second-order valence-electron chi connectivity index (χ2n) is 6.29. The van der Waals surface area contributed by atoms with Crippen LogP contribution in [0.4, 0.5) is 5.69 Å². The van der Waals surface area contributed by atoms with E-state index in [1.54, 1.807) is 25.3 Å². The van der Waals surface area contributed by atoms with E-state index in [1.807, 2.05) is 0 Å². The minimum Gasteiger partial charge on any atom is -0.497 e. The number of benzene rings is 1. The number of nitrogens with zero attached hydrogens (tertiary/aromatic N) is 1. The van der Waals surface area contributed by atoms with Gasteiger partial charge in [-0.2, -0.15) is 0 Å². The van der Waals surface area contributed by atoms with Crippen molar-refractivity contribution in [1.82, 2.24) is 5.32 Å². The predicted octanol–water partition coefficient (Wildman–Crippen LogP) is 2.56. The van der Waals surface area contributed by atoms with E-state index in [2.05, 4.69) is 15.6 Å². The van der Waals surface area contributed by atoms with Gasteiger partial charge in [-0.05, 0) is 25.0 Å². The van der Waals surface area contributed by atoms with Gasteiger partial charge in [-0.15, -0.1) is 0 Å². The SMILES string of the molecule is COc1ccc(NC(=O)CC2SC(=NC3CCCC3)NC2=O)c(OC)c1. The van der Waals surface area contributed by atoms with Crippen LogP contribution >= 0.6 is 11.8 Å². The summed E-state index contributed by atoms with van der Waals surface area (Å²) in [5.41, 5.74) is 0.543. The zero-order valence-corrected chi connectivity index (χ0v) is 15.7. The number of amidine groups is 1. The molecule has 0 radical (unpaired) electrons. The maximum atomic E-state index is 12.4. The summed E-state index contributed by atoms with van der Waals surface area (Å²) in [6.45, 7) is 0. The number of hydrogen-bond acceptors (Lipinski definition) is 6. The van der Waals surface area contributed by atoms with Gasteiger partial charge in [0.25, 0.3) is 0 Å². The predicted molar refractivity (Wildman–Crippen MR) is 102 cm³/mol. The van der Waals surface area contributed by atoms with Gasteiger partial charge in [0.2, 0.25) is 11.8 Å². The first-order valence-electron chi connectivity index (χ1n) is 8.66. The van der Waals surface area contributed by atoms with Gasteiger partial charge in [0.15, 0.2) is 5.17 Å². The molecule has 1 unspecified atom stereocenters. The number of ether oxygens (including phenoxy) is 2. The van der Waals surface area contributed by atoms with Crippen LogP contribution in [0.3, 0.4) is 0 Å². The molecule has 2 fully saturated rings. The van der Waals surface area contributed by atoms with Crippen LogP contribution < -0.4 is 20.1 Å². The third-order valence-corrected chi connectivity index (χ3v) is 5.55. The van der Waals surface area contributed by atoms with Gasteiger partial charge in [-0.3, -0.25) is 14.6 Å². The molecule has 2 amide bonds. The molecule has 0 bridgehead atoms. The van der Waals surface area contributed by atoms with E-state index in [-0.39, 0.29) is 18.2 Å². The van der Waals surface area contributed by atoms with Crippen LogP contribution in [0.2, 0.25) is 0 Å². The van der Waals surface area contributed by atoms with Gasteiger partial charge < -0.3 is 20.1 Å². The van der Waals surface area contributed by atoms with Crippen molar-refractivity contribution in [3.63, 3.8) is 0 Å². The van der Waals surface area contributed by atoms with Crippen LogP contribution in [0.15, 0.2) is 23.2 Å². The molecule has 1 aromatic rings. The summed E-state index contributed by atoms with van der Waals surface area (Å²) in [4.78, 5) is 29.1. The fraction of sp³-hybridized carbons (Fsp3) is 0.500. The smallest absolute Gasteiger partial charge is 0.240 e. The molecule has 1 aliphatic carbocycles. The number of methoxy groups -OCH3 is 2. The van der Waals surface area contributed by atoms with E-state index in [1.165, 1.54) is 31.7 Å². The molecule has 3 rings (SSSR count). The lowest BCUT2D eigenvalue weighted by molar-refractivity contribution is -0.122. The molecule has 7 nitrogen and oxygen atoms in total. The van der Waals surface area contributed by atoms with Crippen molar-refractivity contribution < 1.29 is 19.1 Å². The van der Waals surface area contributed by atoms with Gasteiger partial charge >= 0.3 is 0 Å². The summed E-state index contributed by atoms with van der Waals surface area (Å²) in [5.74, 6) is 0.731. The van der Waals surface area contributed by atoms with Crippen molar-refractivity contribution in [1.29, 1.82) is 0 Å². The monoisotopic (exact) mass is 377 g/mol. The van der Waals surface area contributed by atoms with Crippen molar-refractivity contribution in [2.75, 3.05) is 19.5 Å². The summed E-state index contributed by atoms with van der Waals surface area (Å²) in [5, 5.41) is 5.77. The maximum absolute atomic E-state index is 12.4. The minimum atomic E-state index is -0.459. The van der Waals surface area contributed by atoms with E-state index in [0.717, 1.165) is 12.8 Å². The molecule has 1 heterocycles. The molecule has 8 heteroatoms. The Labute approximate surface area is 156 Å². The van der Waals surface area contributed by atoms with Crippen LogP contribution in [0.1, 0.15) is 32.1 Å². The Balaban J connectivity index is 1.59. The summed E-state index contributed by atoms with van der Waals surface area (Å²) < 4.78 is 10.4. The number of aliphatic imine (C=N–C) groups is 1. The summed E-state index contributed by atoms with van der Waals surface area (Å²) in [7, 11) is 3.09. The lowest BCUT2D eigenvalue weighted by Gasteiger charge is -2.12. The molecule has 1 atom stereocenters. The van der Waals surface area contributed by atoms with Crippen LogP contribution in [0, 0.1) is 0 Å². The molecule has 140 valence electrons. The van der Waals surface area contributed by atoms with Gasteiger partial charge in [0.05, 0.1) is 25.9 Å². The van der Waals surface area contributed by atoms with E-state index >= 15 is 0 Å². The number of amides is 2. The largest absolute Gasteiger partial charge is 0.497 e. The highest BCUT2D eigenvalue weighted by atomic mass is 32.2. The molecule has 1 saturated carbocycles.